The summed E-state index contributed by atoms with van der Waals surface area (Å²) in [6.45, 7) is -0.549. The van der Waals surface area contributed by atoms with Crippen LogP contribution in [0.4, 0.5) is 0 Å². The van der Waals surface area contributed by atoms with Crippen molar-refractivity contribution in [2.45, 2.75) is 6.61 Å². The molecular weight excluding hydrogens is 198 g/mol. The predicted molar refractivity (Wildman–Crippen MR) is 53.8 cm³/mol. The highest BCUT2D eigenvalue weighted by Gasteiger charge is 2.12. The minimum atomic E-state index is -0.607. The van der Waals surface area contributed by atoms with E-state index in [1.54, 1.807) is 6.07 Å². The Hall–Kier alpha value is -2.01. The van der Waals surface area contributed by atoms with Crippen LogP contribution in [0.5, 0.6) is 11.5 Å². The minimum absolute atomic E-state index is 0.104. The van der Waals surface area contributed by atoms with E-state index in [0.717, 1.165) is 0 Å². The van der Waals surface area contributed by atoms with Gasteiger partial charge in [-0.1, -0.05) is 6.07 Å². The van der Waals surface area contributed by atoms with Crippen molar-refractivity contribution in [3.63, 3.8) is 0 Å². The first-order valence-corrected chi connectivity index (χ1v) is 4.32. The maximum absolute atomic E-state index is 11.4. The normalized spacial score (nSPS) is 10.7. The van der Waals surface area contributed by atoms with Crippen LogP contribution in [0.15, 0.2) is 23.0 Å². The van der Waals surface area contributed by atoms with E-state index >= 15 is 0 Å². The van der Waals surface area contributed by atoms with E-state index in [0.29, 0.717) is 5.39 Å². The van der Waals surface area contributed by atoms with E-state index in [4.69, 9.17) is 5.11 Å². The third-order valence-electron chi connectivity index (χ3n) is 2.25. The molecule has 0 unspecified atom stereocenters. The van der Waals surface area contributed by atoms with Crippen molar-refractivity contribution in [2.75, 3.05) is 0 Å². The number of aliphatic hydroxyl groups excluding tert-OH is 1. The van der Waals surface area contributed by atoms with E-state index < -0.39 is 12.2 Å². The molecule has 0 aliphatic carbocycles. The third-order valence-corrected chi connectivity index (χ3v) is 2.25. The summed E-state index contributed by atoms with van der Waals surface area (Å²) in [5.74, 6) is -0.420. The SMILES string of the molecule is O=c1[nH]c2c(O)cccc2c(O)c1CO. The molecule has 5 nitrogen and oxygen atoms in total. The van der Waals surface area contributed by atoms with Crippen molar-refractivity contribution in [1.29, 1.82) is 0 Å². The number of para-hydroxylation sites is 1. The number of rotatable bonds is 1. The van der Waals surface area contributed by atoms with Crippen LogP contribution in [0.3, 0.4) is 0 Å². The Bertz CT molecular complexity index is 573. The molecule has 2 aromatic rings. The summed E-state index contributed by atoms with van der Waals surface area (Å²) in [6.07, 6.45) is 0. The summed E-state index contributed by atoms with van der Waals surface area (Å²) < 4.78 is 0. The van der Waals surface area contributed by atoms with Crippen LogP contribution in [0.2, 0.25) is 0 Å². The van der Waals surface area contributed by atoms with E-state index in [9.17, 15) is 15.0 Å². The van der Waals surface area contributed by atoms with Crippen LogP contribution >= 0.6 is 0 Å². The summed E-state index contributed by atoms with van der Waals surface area (Å²) >= 11 is 0. The number of aromatic hydroxyl groups is 2. The van der Waals surface area contributed by atoms with Gasteiger partial charge in [-0.25, -0.2) is 0 Å². The van der Waals surface area contributed by atoms with Gasteiger partial charge in [0.2, 0.25) is 0 Å². The number of hydrogen-bond acceptors (Lipinski definition) is 4. The number of benzene rings is 1. The summed E-state index contributed by atoms with van der Waals surface area (Å²) in [6, 6.07) is 4.48. The van der Waals surface area contributed by atoms with Gasteiger partial charge in [0.1, 0.15) is 11.5 Å². The number of aromatic amines is 1. The lowest BCUT2D eigenvalue weighted by molar-refractivity contribution is 0.274. The molecule has 5 heteroatoms. The topological polar surface area (TPSA) is 93.6 Å². The molecule has 0 spiro atoms. The highest BCUT2D eigenvalue weighted by Crippen LogP contribution is 2.29. The molecule has 0 fully saturated rings. The molecular formula is C10H9NO4. The van der Waals surface area contributed by atoms with Crippen LogP contribution in [0.1, 0.15) is 5.56 Å². The molecule has 0 radical (unpaired) electrons. The number of phenols is 1. The summed E-state index contributed by atoms with van der Waals surface area (Å²) in [5, 5.41) is 28.3. The lowest BCUT2D eigenvalue weighted by Gasteiger charge is -2.05. The fraction of sp³-hybridized carbons (Fsp3) is 0.100. The average Bonchev–Trinajstić information content (AvgIpc) is 2.20. The van der Waals surface area contributed by atoms with Crippen LogP contribution < -0.4 is 5.56 Å². The number of fused-ring (bicyclic) bond motifs is 1. The molecule has 2 rings (SSSR count). The number of H-pyrrole nitrogens is 1. The van der Waals surface area contributed by atoms with Gasteiger partial charge in [-0.2, -0.15) is 0 Å². The standard InChI is InChI=1S/C10H9NO4/c12-4-6-9(14)5-2-1-3-7(13)8(5)11-10(6)15/h1-3,12-13H,4H2,(H2,11,14,15). The summed E-state index contributed by atoms with van der Waals surface area (Å²) in [4.78, 5) is 13.7. The quantitative estimate of drug-likeness (QED) is 0.545. The van der Waals surface area contributed by atoms with Crippen LogP contribution in [-0.2, 0) is 6.61 Å². The van der Waals surface area contributed by atoms with E-state index in [1.165, 1.54) is 12.1 Å². The Morgan fingerprint density at radius 3 is 2.67 bits per heavy atom. The molecule has 0 saturated heterocycles. The molecule has 0 aliphatic heterocycles. The molecule has 4 N–H and O–H groups in total. The minimum Gasteiger partial charge on any atom is -0.507 e. The van der Waals surface area contributed by atoms with E-state index in [2.05, 4.69) is 4.98 Å². The Morgan fingerprint density at radius 2 is 2.00 bits per heavy atom. The first-order valence-electron chi connectivity index (χ1n) is 4.32. The number of aliphatic hydroxyl groups is 1. The van der Waals surface area contributed by atoms with E-state index in [-0.39, 0.29) is 22.6 Å². The zero-order valence-corrected chi connectivity index (χ0v) is 7.69. The second kappa shape index (κ2) is 3.29. The van der Waals surface area contributed by atoms with Gasteiger partial charge >= 0.3 is 0 Å². The molecule has 0 aliphatic rings. The predicted octanol–water partition coefficient (Wildman–Crippen LogP) is 0.432. The van der Waals surface area contributed by atoms with Gasteiger partial charge in [-0.3, -0.25) is 4.79 Å². The zero-order chi connectivity index (χ0) is 11.0. The number of nitrogens with one attached hydrogen (secondary N) is 1. The first kappa shape index (κ1) is 9.54. The third kappa shape index (κ3) is 1.33. The Kier molecular flexibility index (Phi) is 2.09. The smallest absolute Gasteiger partial charge is 0.257 e. The average molecular weight is 207 g/mol. The van der Waals surface area contributed by atoms with Gasteiger partial charge in [0.25, 0.3) is 5.56 Å². The molecule has 1 aromatic heterocycles. The molecule has 78 valence electrons. The van der Waals surface area contributed by atoms with Crippen molar-refractivity contribution in [3.05, 3.63) is 34.1 Å². The number of phenolic OH excluding ortho intramolecular Hbond substituents is 1. The fourth-order valence-corrected chi connectivity index (χ4v) is 1.47. The Morgan fingerprint density at radius 1 is 1.27 bits per heavy atom. The monoisotopic (exact) mass is 207 g/mol. The Balaban J connectivity index is 2.97. The van der Waals surface area contributed by atoms with E-state index in [1.807, 2.05) is 0 Å². The molecule has 15 heavy (non-hydrogen) atoms. The number of pyridine rings is 1. The zero-order valence-electron chi connectivity index (χ0n) is 7.69. The van der Waals surface area contributed by atoms with Crippen LogP contribution in [-0.4, -0.2) is 20.3 Å². The maximum Gasteiger partial charge on any atom is 0.257 e. The van der Waals surface area contributed by atoms with Crippen molar-refractivity contribution in [1.82, 2.24) is 4.98 Å². The number of hydrogen-bond donors (Lipinski definition) is 4. The second-order valence-electron chi connectivity index (χ2n) is 3.14. The van der Waals surface area contributed by atoms with Crippen molar-refractivity contribution in [2.24, 2.45) is 0 Å². The van der Waals surface area contributed by atoms with Gasteiger partial charge < -0.3 is 20.3 Å². The summed E-state index contributed by atoms with van der Waals surface area (Å²) in [7, 11) is 0. The largest absolute Gasteiger partial charge is 0.507 e. The maximum atomic E-state index is 11.4. The molecule has 0 saturated carbocycles. The van der Waals surface area contributed by atoms with Gasteiger partial charge in [0, 0.05) is 5.39 Å². The van der Waals surface area contributed by atoms with Crippen LogP contribution in [0, 0.1) is 0 Å². The molecule has 0 bridgehead atoms. The van der Waals surface area contributed by atoms with Crippen molar-refractivity contribution >= 4 is 10.9 Å². The highest BCUT2D eigenvalue weighted by molar-refractivity contribution is 5.89. The molecule has 1 heterocycles. The Labute approximate surface area is 84.2 Å². The van der Waals surface area contributed by atoms with Gasteiger partial charge in [-0.05, 0) is 12.1 Å². The first-order chi connectivity index (χ1) is 7.15. The number of aromatic nitrogens is 1. The summed E-state index contributed by atoms with van der Waals surface area (Å²) in [5.41, 5.74) is -0.547. The molecule has 0 atom stereocenters. The van der Waals surface area contributed by atoms with Gasteiger partial charge in [0.05, 0.1) is 17.7 Å². The van der Waals surface area contributed by atoms with Crippen molar-refractivity contribution in [3.8, 4) is 11.5 Å². The van der Waals surface area contributed by atoms with Gasteiger partial charge in [-0.15, -0.1) is 0 Å². The highest BCUT2D eigenvalue weighted by atomic mass is 16.3. The van der Waals surface area contributed by atoms with Crippen molar-refractivity contribution < 1.29 is 15.3 Å². The lowest BCUT2D eigenvalue weighted by Crippen LogP contribution is -2.12. The second-order valence-corrected chi connectivity index (χ2v) is 3.14. The fourth-order valence-electron chi connectivity index (χ4n) is 1.47. The lowest BCUT2D eigenvalue weighted by atomic mass is 10.1. The molecule has 0 amide bonds. The molecule has 1 aromatic carbocycles. The van der Waals surface area contributed by atoms with Gasteiger partial charge in [0.15, 0.2) is 0 Å². The van der Waals surface area contributed by atoms with Crippen LogP contribution in [0.25, 0.3) is 10.9 Å².